The van der Waals surface area contributed by atoms with Crippen molar-refractivity contribution in [3.05, 3.63) is 80.0 Å². The lowest BCUT2D eigenvalue weighted by molar-refractivity contribution is -0.144. The molecule has 0 spiro atoms. The molecule has 3 N–H and O–H groups in total. The largest absolute Gasteiger partial charge is 0.466 e. The van der Waals surface area contributed by atoms with E-state index >= 15 is 0 Å². The van der Waals surface area contributed by atoms with E-state index < -0.39 is 0 Å². The predicted octanol–water partition coefficient (Wildman–Crippen LogP) is 12.0. The number of aromatic amines is 3. The highest BCUT2D eigenvalue weighted by Gasteiger charge is 2.30. The number of nitrogens with one attached hydrogen (secondary N) is 3. The summed E-state index contributed by atoms with van der Waals surface area (Å²) in [5.41, 5.74) is 19.6. The van der Waals surface area contributed by atoms with Gasteiger partial charge in [-0.15, -0.1) is 0 Å². The maximum absolute atomic E-state index is 13.0. The number of hydrogen-bond acceptors (Lipinski definition) is 7. The molecule has 10 nitrogen and oxygen atoms in total. The SMILES string of the molecule is CCCCOC(=O)CCc1c(C)c2cc3nc(c(-c4[nH]c(C)c(C(C)=O)c4C)c4nc(cc5[nH]c(cc1[nH]2)c(CCC(=O)OCCCC)c5C)C(C)=C4CC)C(CC)=C3C. The van der Waals surface area contributed by atoms with Gasteiger partial charge in [0.25, 0.3) is 0 Å². The van der Waals surface area contributed by atoms with E-state index in [-0.39, 0.29) is 30.6 Å². The molecule has 0 radical (unpaired) electrons. The molecule has 0 saturated carbocycles. The molecule has 0 aliphatic carbocycles. The van der Waals surface area contributed by atoms with Gasteiger partial charge in [-0.05, 0) is 155 Å². The van der Waals surface area contributed by atoms with Crippen molar-refractivity contribution < 1.29 is 23.9 Å². The van der Waals surface area contributed by atoms with Crippen molar-refractivity contribution in [1.29, 1.82) is 0 Å². The number of allylic oxidation sites excluding steroid dienone is 4. The van der Waals surface area contributed by atoms with Crippen molar-refractivity contribution in [1.82, 2.24) is 24.9 Å². The first-order chi connectivity index (χ1) is 28.7. The maximum atomic E-state index is 13.0. The molecule has 4 aromatic rings. The van der Waals surface area contributed by atoms with Crippen molar-refractivity contribution in [2.45, 2.75) is 140 Å². The van der Waals surface area contributed by atoms with Gasteiger partial charge in [0.05, 0.1) is 47.2 Å². The third-order valence-electron chi connectivity index (χ3n) is 12.4. The van der Waals surface area contributed by atoms with Crippen LogP contribution in [0.4, 0.5) is 0 Å². The monoisotopic (exact) mass is 813 g/mol. The number of hydrogen-bond donors (Lipinski definition) is 3. The van der Waals surface area contributed by atoms with Gasteiger partial charge in [-0.3, -0.25) is 14.4 Å². The average Bonchev–Trinajstić information content (AvgIpc) is 3.95. The number of H-pyrrole nitrogens is 3. The fourth-order valence-corrected chi connectivity index (χ4v) is 8.86. The molecule has 60 heavy (non-hydrogen) atoms. The summed E-state index contributed by atoms with van der Waals surface area (Å²) < 4.78 is 11.1. The van der Waals surface area contributed by atoms with Gasteiger partial charge in [-0.2, -0.15) is 0 Å². The molecule has 8 bridgehead atoms. The number of carbonyl (C=O) groups excluding carboxylic acids is 3. The van der Waals surface area contributed by atoms with Gasteiger partial charge in [-0.1, -0.05) is 40.5 Å². The first kappa shape index (κ1) is 44.1. The lowest BCUT2D eigenvalue weighted by Crippen LogP contribution is -2.07. The van der Waals surface area contributed by atoms with Gasteiger partial charge in [-0.25, -0.2) is 9.97 Å². The Morgan fingerprint density at radius 3 is 1.43 bits per heavy atom. The van der Waals surface area contributed by atoms with Gasteiger partial charge < -0.3 is 24.4 Å². The number of ether oxygens (including phenoxy) is 2. The van der Waals surface area contributed by atoms with Crippen LogP contribution in [0.3, 0.4) is 0 Å². The zero-order valence-electron chi connectivity index (χ0n) is 37.7. The lowest BCUT2D eigenvalue weighted by atomic mass is 9.92. The highest BCUT2D eigenvalue weighted by Crippen LogP contribution is 2.45. The first-order valence-electron chi connectivity index (χ1n) is 21.9. The topological polar surface area (TPSA) is 143 Å². The summed E-state index contributed by atoms with van der Waals surface area (Å²) in [4.78, 5) is 60.9. The second-order valence-corrected chi connectivity index (χ2v) is 16.4. The fraction of sp³-hybridized carbons (Fsp3) is 0.460. The van der Waals surface area contributed by atoms with E-state index in [0.717, 1.165) is 150 Å². The van der Waals surface area contributed by atoms with Crippen LogP contribution in [0.2, 0.25) is 0 Å². The summed E-state index contributed by atoms with van der Waals surface area (Å²) in [6, 6.07) is 6.35. The molecule has 10 heteroatoms. The highest BCUT2D eigenvalue weighted by atomic mass is 16.5. The second-order valence-electron chi connectivity index (χ2n) is 16.4. The Balaban J connectivity index is 1.72. The highest BCUT2D eigenvalue weighted by molar-refractivity contribution is 6.04. The minimum Gasteiger partial charge on any atom is -0.466 e. The van der Waals surface area contributed by atoms with E-state index in [2.05, 4.69) is 88.5 Å². The molecule has 6 rings (SSSR count). The Morgan fingerprint density at radius 2 is 1.05 bits per heavy atom. The molecule has 4 aromatic heterocycles. The molecule has 0 unspecified atom stereocenters. The molecular weight excluding hydrogens is 751 g/mol. The van der Waals surface area contributed by atoms with Crippen LogP contribution in [0.5, 0.6) is 0 Å². The van der Waals surface area contributed by atoms with Gasteiger partial charge in [0.1, 0.15) is 0 Å². The van der Waals surface area contributed by atoms with Crippen LogP contribution in [0.25, 0.3) is 55.6 Å². The molecule has 0 atom stereocenters. The van der Waals surface area contributed by atoms with Crippen LogP contribution in [-0.4, -0.2) is 55.9 Å². The summed E-state index contributed by atoms with van der Waals surface area (Å²) >= 11 is 0. The van der Waals surface area contributed by atoms with E-state index in [9.17, 15) is 14.4 Å². The van der Waals surface area contributed by atoms with E-state index in [0.29, 0.717) is 31.6 Å². The normalized spacial score (nSPS) is 12.8. The number of carbonyl (C=O) groups is 3. The molecule has 0 saturated heterocycles. The summed E-state index contributed by atoms with van der Waals surface area (Å²) in [6.45, 7) is 23.3. The van der Waals surface area contributed by atoms with Crippen LogP contribution in [0.15, 0.2) is 18.2 Å². The zero-order valence-corrected chi connectivity index (χ0v) is 37.7. The zero-order chi connectivity index (χ0) is 43.4. The molecule has 0 amide bonds. The third kappa shape index (κ3) is 8.70. The average molecular weight is 814 g/mol. The number of aromatic nitrogens is 5. The van der Waals surface area contributed by atoms with Crippen molar-refractivity contribution in [3.8, 4) is 11.3 Å². The quantitative estimate of drug-likeness (QED) is 0.0580. The molecular formula is C50H63N5O5. The van der Waals surface area contributed by atoms with Crippen molar-refractivity contribution in [2.75, 3.05) is 13.2 Å². The van der Waals surface area contributed by atoms with Gasteiger partial charge >= 0.3 is 11.9 Å². The van der Waals surface area contributed by atoms with Crippen LogP contribution in [-0.2, 0) is 31.9 Å². The van der Waals surface area contributed by atoms with E-state index in [1.165, 1.54) is 0 Å². The number of unbranched alkanes of at least 4 members (excludes halogenated alkanes) is 2. The number of fused-ring (bicyclic) bond motifs is 8. The molecule has 0 fully saturated rings. The van der Waals surface area contributed by atoms with Crippen molar-refractivity contribution in [2.24, 2.45) is 0 Å². The number of esters is 2. The summed E-state index contributed by atoms with van der Waals surface area (Å²) in [7, 11) is 0. The number of aryl methyl sites for hydroxylation is 5. The molecule has 318 valence electrons. The Bertz CT molecular complexity index is 2430. The minimum atomic E-state index is -0.214. The smallest absolute Gasteiger partial charge is 0.306 e. The Morgan fingerprint density at radius 1 is 0.600 bits per heavy atom. The molecule has 2 aliphatic heterocycles. The van der Waals surface area contributed by atoms with Crippen LogP contribution < -0.4 is 0 Å². The van der Waals surface area contributed by atoms with Gasteiger partial charge in [0, 0.05) is 46.2 Å². The standard InChI is InChI=1S/C50H63N5O5/c1-12-16-22-59-44(57)20-18-36-29(7)38-24-40-27(5)34(14-3)49(54-40)47(48-31(9)46(33(11)56)32(10)51-48)50-35(15-4)28(6)41(55-50)25-39-30(8)37(43(53-39)26-42(36)52-38)19-21-45(58)60-23-17-13-2/h24-26,51-53H,12-23H2,1-11H3. The number of Topliss-reactive ketones (excluding diaryl/α,β-unsaturated/α-hetero) is 1. The van der Waals surface area contributed by atoms with E-state index in [1.54, 1.807) is 6.92 Å². The van der Waals surface area contributed by atoms with Crippen molar-refractivity contribution >= 4 is 62.1 Å². The maximum Gasteiger partial charge on any atom is 0.306 e. The first-order valence-corrected chi connectivity index (χ1v) is 21.9. The number of rotatable bonds is 16. The van der Waals surface area contributed by atoms with Crippen LogP contribution in [0, 0.1) is 27.7 Å². The van der Waals surface area contributed by atoms with E-state index in [4.69, 9.17) is 19.4 Å². The Hall–Kier alpha value is -5.51. The van der Waals surface area contributed by atoms with Gasteiger partial charge in [0.2, 0.25) is 0 Å². The Kier molecular flexibility index (Phi) is 13.8. The Labute approximate surface area is 354 Å². The summed E-state index contributed by atoms with van der Waals surface area (Å²) in [5.74, 6) is -0.417. The second kappa shape index (κ2) is 18.8. The minimum absolute atomic E-state index is 0.0111. The number of ketones is 1. The molecule has 6 heterocycles. The van der Waals surface area contributed by atoms with Crippen LogP contribution >= 0.6 is 0 Å². The molecule has 2 aliphatic rings. The van der Waals surface area contributed by atoms with Crippen LogP contribution in [0.1, 0.15) is 166 Å². The predicted molar refractivity (Wildman–Crippen MR) is 244 cm³/mol. The summed E-state index contributed by atoms with van der Waals surface area (Å²) in [5, 5.41) is 0. The van der Waals surface area contributed by atoms with E-state index in [1.807, 2.05) is 13.8 Å². The third-order valence-corrected chi connectivity index (χ3v) is 12.4. The lowest BCUT2D eigenvalue weighted by Gasteiger charge is -2.12. The summed E-state index contributed by atoms with van der Waals surface area (Å²) in [6.07, 6.45) is 6.56. The molecule has 0 aromatic carbocycles. The van der Waals surface area contributed by atoms with Crippen molar-refractivity contribution in [3.63, 3.8) is 0 Å². The fourth-order valence-electron chi connectivity index (χ4n) is 8.86. The van der Waals surface area contributed by atoms with Gasteiger partial charge in [0.15, 0.2) is 5.78 Å². The number of nitrogens with zero attached hydrogens (tertiary/aromatic N) is 2.